The summed E-state index contributed by atoms with van der Waals surface area (Å²) in [5, 5.41) is 10.3. The molecule has 0 bridgehead atoms. The van der Waals surface area contributed by atoms with Gasteiger partial charge in [0.2, 0.25) is 5.91 Å². The molecular formula is C16H22N4O. The third kappa shape index (κ3) is 5.04. The van der Waals surface area contributed by atoms with Crippen LogP contribution in [0.15, 0.2) is 42.7 Å². The fraction of sp³-hybridized carbons (Fsp3) is 0.375. The molecule has 0 saturated carbocycles. The van der Waals surface area contributed by atoms with Crippen molar-refractivity contribution >= 4 is 5.91 Å². The lowest BCUT2D eigenvalue weighted by Crippen LogP contribution is -2.43. The van der Waals surface area contributed by atoms with Crippen LogP contribution in [0.1, 0.15) is 26.3 Å². The van der Waals surface area contributed by atoms with Gasteiger partial charge in [0.15, 0.2) is 0 Å². The molecule has 0 aliphatic rings. The molecule has 1 heterocycles. The molecule has 0 fully saturated rings. The number of hydrogen-bond acceptors (Lipinski definition) is 3. The van der Waals surface area contributed by atoms with Crippen LogP contribution < -0.4 is 10.6 Å². The molecule has 0 aliphatic heterocycles. The Bertz CT molecular complexity index is 584. The molecule has 1 amide bonds. The van der Waals surface area contributed by atoms with Crippen molar-refractivity contribution in [3.05, 3.63) is 48.3 Å². The number of benzene rings is 1. The summed E-state index contributed by atoms with van der Waals surface area (Å²) in [5.41, 5.74) is 1.92. The lowest BCUT2D eigenvalue weighted by molar-refractivity contribution is -0.120. The first-order valence-electron chi connectivity index (χ1n) is 7.05. The van der Waals surface area contributed by atoms with Gasteiger partial charge in [-0.25, -0.2) is 4.68 Å². The Morgan fingerprint density at radius 1 is 1.24 bits per heavy atom. The topological polar surface area (TPSA) is 59.0 Å². The number of aromatic nitrogens is 2. The highest BCUT2D eigenvalue weighted by molar-refractivity contribution is 5.78. The monoisotopic (exact) mass is 286 g/mol. The number of carbonyl (C=O) groups excluding carboxylic acids is 1. The standard InChI is InChI=1S/C16H22N4O/c1-16(2,3)18-11-15(21)17-9-13-10-19-20(12-13)14-7-5-4-6-8-14/h4-8,10,12,18H,9,11H2,1-3H3,(H,17,21). The highest BCUT2D eigenvalue weighted by Crippen LogP contribution is 2.07. The molecular weight excluding hydrogens is 264 g/mol. The van der Waals surface area contributed by atoms with Crippen LogP contribution in [-0.2, 0) is 11.3 Å². The highest BCUT2D eigenvalue weighted by atomic mass is 16.1. The lowest BCUT2D eigenvalue weighted by atomic mass is 10.1. The molecule has 0 spiro atoms. The quantitative estimate of drug-likeness (QED) is 0.882. The fourth-order valence-electron chi connectivity index (χ4n) is 1.78. The molecule has 2 rings (SSSR count). The van der Waals surface area contributed by atoms with Crippen LogP contribution in [0.2, 0.25) is 0 Å². The third-order valence-corrected chi connectivity index (χ3v) is 2.93. The predicted molar refractivity (Wildman–Crippen MR) is 83.2 cm³/mol. The SMILES string of the molecule is CC(C)(C)NCC(=O)NCc1cnn(-c2ccccc2)c1. The second-order valence-corrected chi connectivity index (χ2v) is 6.01. The first kappa shape index (κ1) is 15.3. The summed E-state index contributed by atoms with van der Waals surface area (Å²) in [5.74, 6) is -0.0163. The maximum Gasteiger partial charge on any atom is 0.234 e. The second-order valence-electron chi connectivity index (χ2n) is 6.01. The largest absolute Gasteiger partial charge is 0.351 e. The van der Waals surface area contributed by atoms with Gasteiger partial charge in [0, 0.05) is 23.8 Å². The van der Waals surface area contributed by atoms with E-state index in [-0.39, 0.29) is 11.4 Å². The minimum absolute atomic E-state index is 0.0163. The van der Waals surface area contributed by atoms with Crippen molar-refractivity contribution in [1.29, 1.82) is 0 Å². The Morgan fingerprint density at radius 2 is 1.95 bits per heavy atom. The van der Waals surface area contributed by atoms with Gasteiger partial charge in [-0.15, -0.1) is 0 Å². The maximum atomic E-state index is 11.7. The third-order valence-electron chi connectivity index (χ3n) is 2.93. The number of amides is 1. The van der Waals surface area contributed by atoms with Crippen molar-refractivity contribution in [2.75, 3.05) is 6.54 Å². The Morgan fingerprint density at radius 3 is 2.62 bits per heavy atom. The van der Waals surface area contributed by atoms with Crippen LogP contribution in [0.25, 0.3) is 5.69 Å². The van der Waals surface area contributed by atoms with Crippen LogP contribution >= 0.6 is 0 Å². The van der Waals surface area contributed by atoms with Crippen molar-refractivity contribution in [1.82, 2.24) is 20.4 Å². The van der Waals surface area contributed by atoms with E-state index >= 15 is 0 Å². The summed E-state index contributed by atoms with van der Waals surface area (Å²) in [7, 11) is 0. The zero-order valence-corrected chi connectivity index (χ0v) is 12.8. The average Bonchev–Trinajstić information content (AvgIpc) is 2.92. The van der Waals surface area contributed by atoms with Gasteiger partial charge in [0.05, 0.1) is 18.4 Å². The van der Waals surface area contributed by atoms with Gasteiger partial charge in [-0.05, 0) is 32.9 Å². The Balaban J connectivity index is 1.85. The highest BCUT2D eigenvalue weighted by Gasteiger charge is 2.11. The van der Waals surface area contributed by atoms with Gasteiger partial charge in [0.1, 0.15) is 0 Å². The van der Waals surface area contributed by atoms with E-state index in [0.29, 0.717) is 13.1 Å². The Hall–Kier alpha value is -2.14. The van der Waals surface area contributed by atoms with Crippen LogP contribution in [0.4, 0.5) is 0 Å². The minimum Gasteiger partial charge on any atom is -0.351 e. The summed E-state index contributed by atoms with van der Waals surface area (Å²) in [6, 6.07) is 9.88. The first-order valence-corrected chi connectivity index (χ1v) is 7.05. The van der Waals surface area contributed by atoms with E-state index in [1.807, 2.05) is 57.3 Å². The van der Waals surface area contributed by atoms with Crippen molar-refractivity contribution in [3.63, 3.8) is 0 Å². The summed E-state index contributed by atoms with van der Waals surface area (Å²) >= 11 is 0. The molecule has 1 aromatic heterocycles. The number of nitrogens with zero attached hydrogens (tertiary/aromatic N) is 2. The zero-order chi connectivity index (χ0) is 15.3. The summed E-state index contributed by atoms with van der Waals surface area (Å²) in [4.78, 5) is 11.7. The predicted octanol–water partition coefficient (Wildman–Crippen LogP) is 1.88. The second kappa shape index (κ2) is 6.54. The van der Waals surface area contributed by atoms with Crippen LogP contribution in [-0.4, -0.2) is 27.8 Å². The molecule has 0 unspecified atom stereocenters. The van der Waals surface area contributed by atoms with Crippen molar-refractivity contribution in [3.8, 4) is 5.69 Å². The van der Waals surface area contributed by atoms with Gasteiger partial charge in [-0.3, -0.25) is 4.79 Å². The molecule has 0 atom stereocenters. The van der Waals surface area contributed by atoms with Crippen LogP contribution in [0.3, 0.4) is 0 Å². The molecule has 112 valence electrons. The van der Waals surface area contributed by atoms with Gasteiger partial charge in [0.25, 0.3) is 0 Å². The van der Waals surface area contributed by atoms with Crippen LogP contribution in [0, 0.1) is 0 Å². The minimum atomic E-state index is -0.0600. The molecule has 0 saturated heterocycles. The van der Waals surface area contributed by atoms with E-state index in [2.05, 4.69) is 15.7 Å². The average molecular weight is 286 g/mol. The molecule has 2 N–H and O–H groups in total. The molecule has 1 aromatic carbocycles. The summed E-state index contributed by atoms with van der Waals surface area (Å²) in [6.45, 7) is 6.90. The van der Waals surface area contributed by atoms with Crippen molar-refractivity contribution in [2.45, 2.75) is 32.9 Å². The Labute approximate surface area is 125 Å². The van der Waals surface area contributed by atoms with Gasteiger partial charge >= 0.3 is 0 Å². The van der Waals surface area contributed by atoms with Crippen LogP contribution in [0.5, 0.6) is 0 Å². The summed E-state index contributed by atoms with van der Waals surface area (Å²) < 4.78 is 1.80. The maximum absolute atomic E-state index is 11.7. The smallest absolute Gasteiger partial charge is 0.234 e. The van der Waals surface area contributed by atoms with E-state index in [1.165, 1.54) is 0 Å². The first-order chi connectivity index (χ1) is 9.94. The van der Waals surface area contributed by atoms with Crippen molar-refractivity contribution in [2.24, 2.45) is 0 Å². The van der Waals surface area contributed by atoms with E-state index in [0.717, 1.165) is 11.3 Å². The fourth-order valence-corrected chi connectivity index (χ4v) is 1.78. The number of nitrogens with one attached hydrogen (secondary N) is 2. The van der Waals surface area contributed by atoms with E-state index < -0.39 is 0 Å². The molecule has 5 heteroatoms. The Kier molecular flexibility index (Phi) is 4.75. The number of carbonyl (C=O) groups is 1. The van der Waals surface area contributed by atoms with Gasteiger partial charge in [-0.1, -0.05) is 18.2 Å². The zero-order valence-electron chi connectivity index (χ0n) is 12.8. The van der Waals surface area contributed by atoms with E-state index in [9.17, 15) is 4.79 Å². The molecule has 0 aliphatic carbocycles. The molecule has 5 nitrogen and oxygen atoms in total. The molecule has 0 radical (unpaired) electrons. The van der Waals surface area contributed by atoms with E-state index in [4.69, 9.17) is 0 Å². The van der Waals surface area contributed by atoms with Crippen molar-refractivity contribution < 1.29 is 4.79 Å². The summed E-state index contributed by atoms with van der Waals surface area (Å²) in [6.07, 6.45) is 3.69. The number of hydrogen-bond donors (Lipinski definition) is 2. The molecule has 2 aromatic rings. The van der Waals surface area contributed by atoms with E-state index in [1.54, 1.807) is 10.9 Å². The molecule has 21 heavy (non-hydrogen) atoms. The van der Waals surface area contributed by atoms with Gasteiger partial charge < -0.3 is 10.6 Å². The lowest BCUT2D eigenvalue weighted by Gasteiger charge is -2.19. The number of rotatable bonds is 5. The number of para-hydroxylation sites is 1. The normalized spacial score (nSPS) is 11.4. The van der Waals surface area contributed by atoms with Gasteiger partial charge in [-0.2, -0.15) is 5.10 Å².